The Morgan fingerprint density at radius 3 is 2.39 bits per heavy atom. The highest BCUT2D eigenvalue weighted by molar-refractivity contribution is 7.86. The predicted octanol–water partition coefficient (Wildman–Crippen LogP) is 3.88. The second-order valence-electron chi connectivity index (χ2n) is 8.86. The Morgan fingerprint density at radius 2 is 1.82 bits per heavy atom. The number of rotatable bonds is 7. The molecule has 0 saturated carbocycles. The van der Waals surface area contributed by atoms with Gasteiger partial charge in [0.25, 0.3) is 16.1 Å². The maximum atomic E-state index is 12.9. The van der Waals surface area contributed by atoms with E-state index in [0.29, 0.717) is 61.1 Å². The summed E-state index contributed by atoms with van der Waals surface area (Å²) in [5, 5.41) is 3.81. The minimum Gasteiger partial charge on any atom is -0.350 e. The van der Waals surface area contributed by atoms with Crippen LogP contribution in [-0.4, -0.2) is 60.1 Å². The van der Waals surface area contributed by atoms with Crippen LogP contribution in [0.1, 0.15) is 48.7 Å². The zero-order valence-electron chi connectivity index (χ0n) is 18.5. The summed E-state index contributed by atoms with van der Waals surface area (Å²) in [6, 6.07) is 10.4. The van der Waals surface area contributed by atoms with E-state index >= 15 is 0 Å². The van der Waals surface area contributed by atoms with Gasteiger partial charge < -0.3 is 5.32 Å². The van der Waals surface area contributed by atoms with Crippen molar-refractivity contribution in [2.24, 2.45) is 0 Å². The number of carbonyl (C=O) groups is 1. The number of carbonyl (C=O) groups excluding carboxylic acids is 1. The Hall–Kier alpha value is -1.71. The van der Waals surface area contributed by atoms with Crippen molar-refractivity contribution in [3.8, 4) is 0 Å². The van der Waals surface area contributed by atoms with Gasteiger partial charge in [0, 0.05) is 54.5 Å². The maximum Gasteiger partial charge on any atom is 0.281 e. The van der Waals surface area contributed by atoms with Gasteiger partial charge in [-0.2, -0.15) is 17.0 Å². The van der Waals surface area contributed by atoms with E-state index in [0.717, 1.165) is 12.1 Å². The number of pyridine rings is 1. The topological polar surface area (TPSA) is 82.6 Å². The van der Waals surface area contributed by atoms with Crippen molar-refractivity contribution in [3.63, 3.8) is 0 Å². The molecule has 2 aliphatic heterocycles. The van der Waals surface area contributed by atoms with Gasteiger partial charge in [-0.05, 0) is 62.9 Å². The van der Waals surface area contributed by atoms with Crippen LogP contribution in [0.4, 0.5) is 0 Å². The zero-order chi connectivity index (χ0) is 23.6. The standard InChI is InChI=1S/C23H28Cl2N4O3S/c1-17(27-22(30)19-7-6-18(24)15-20(19)25)16-23(21-5-2-3-10-26-21)8-13-29(14-9-23)33(31,32)28-11-4-12-28/h2-3,5-7,10,15,17H,4,8-9,11-14,16H2,1H3,(H,27,30). The Bertz CT molecular complexity index is 1100. The molecular formula is C23H28Cl2N4O3S. The number of nitrogens with one attached hydrogen (secondary N) is 1. The Labute approximate surface area is 205 Å². The SMILES string of the molecule is CC(CC1(c2ccccn2)CCN(S(=O)(=O)N2CCC2)CC1)NC(=O)c1ccc(Cl)cc1Cl. The van der Waals surface area contributed by atoms with E-state index in [1.165, 1.54) is 0 Å². The number of halogens is 2. The third-order valence-electron chi connectivity index (χ3n) is 6.61. The molecule has 4 rings (SSSR count). The monoisotopic (exact) mass is 510 g/mol. The molecule has 2 aliphatic rings. The van der Waals surface area contributed by atoms with Crippen LogP contribution < -0.4 is 5.32 Å². The lowest BCUT2D eigenvalue weighted by atomic mass is 9.71. The molecule has 7 nitrogen and oxygen atoms in total. The smallest absolute Gasteiger partial charge is 0.281 e. The van der Waals surface area contributed by atoms with E-state index in [1.807, 2.05) is 25.1 Å². The van der Waals surface area contributed by atoms with Gasteiger partial charge in [0.2, 0.25) is 0 Å². The first-order valence-electron chi connectivity index (χ1n) is 11.1. The highest BCUT2D eigenvalue weighted by atomic mass is 35.5. The Kier molecular flexibility index (Phi) is 7.31. The number of benzene rings is 1. The number of piperidine rings is 1. The molecule has 2 fully saturated rings. The molecule has 1 N–H and O–H groups in total. The van der Waals surface area contributed by atoms with Gasteiger partial charge in [0.15, 0.2) is 0 Å². The fraction of sp³-hybridized carbons (Fsp3) is 0.478. The van der Waals surface area contributed by atoms with Crippen LogP contribution in [0.15, 0.2) is 42.6 Å². The molecule has 1 atom stereocenters. The summed E-state index contributed by atoms with van der Waals surface area (Å²) in [5.74, 6) is -0.266. The van der Waals surface area contributed by atoms with Crippen molar-refractivity contribution in [2.45, 2.75) is 44.1 Å². The van der Waals surface area contributed by atoms with E-state index in [4.69, 9.17) is 23.2 Å². The molecule has 0 bridgehead atoms. The Morgan fingerprint density at radius 1 is 1.12 bits per heavy atom. The molecular weight excluding hydrogens is 483 g/mol. The van der Waals surface area contributed by atoms with Gasteiger partial charge in [0.05, 0.1) is 10.6 Å². The quantitative estimate of drug-likeness (QED) is 0.612. The van der Waals surface area contributed by atoms with Gasteiger partial charge in [-0.25, -0.2) is 0 Å². The minimum atomic E-state index is -3.40. The number of hydrogen-bond donors (Lipinski definition) is 1. The average Bonchev–Trinajstić information content (AvgIpc) is 2.73. The van der Waals surface area contributed by atoms with Crippen molar-refractivity contribution in [1.29, 1.82) is 0 Å². The van der Waals surface area contributed by atoms with E-state index < -0.39 is 10.2 Å². The van der Waals surface area contributed by atoms with Crippen molar-refractivity contribution in [1.82, 2.24) is 18.9 Å². The van der Waals surface area contributed by atoms with Gasteiger partial charge in [-0.1, -0.05) is 29.3 Å². The van der Waals surface area contributed by atoms with Crippen molar-refractivity contribution < 1.29 is 13.2 Å². The lowest BCUT2D eigenvalue weighted by Gasteiger charge is -2.44. The molecule has 1 unspecified atom stereocenters. The highest BCUT2D eigenvalue weighted by Crippen LogP contribution is 2.40. The summed E-state index contributed by atoms with van der Waals surface area (Å²) < 4.78 is 28.8. The van der Waals surface area contributed by atoms with E-state index in [1.54, 1.807) is 33.0 Å². The number of amides is 1. The second-order valence-corrected chi connectivity index (χ2v) is 11.6. The van der Waals surface area contributed by atoms with Crippen molar-refractivity contribution in [2.75, 3.05) is 26.2 Å². The normalized spacial score (nSPS) is 20.1. The lowest BCUT2D eigenvalue weighted by molar-refractivity contribution is 0.0926. The summed E-state index contributed by atoms with van der Waals surface area (Å²) >= 11 is 12.1. The van der Waals surface area contributed by atoms with Gasteiger partial charge in [-0.15, -0.1) is 0 Å². The van der Waals surface area contributed by atoms with Crippen molar-refractivity contribution in [3.05, 3.63) is 63.9 Å². The summed E-state index contributed by atoms with van der Waals surface area (Å²) in [5.41, 5.74) is 0.963. The first-order chi connectivity index (χ1) is 15.7. The molecule has 33 heavy (non-hydrogen) atoms. The molecule has 0 radical (unpaired) electrons. The van der Waals surface area contributed by atoms with Gasteiger partial charge in [0.1, 0.15) is 0 Å². The van der Waals surface area contributed by atoms with Crippen LogP contribution in [0.25, 0.3) is 0 Å². The molecule has 0 aliphatic carbocycles. The van der Waals surface area contributed by atoms with Crippen LogP contribution in [0.3, 0.4) is 0 Å². The number of aromatic nitrogens is 1. The molecule has 2 saturated heterocycles. The minimum absolute atomic E-state index is 0.176. The molecule has 1 amide bonds. The largest absolute Gasteiger partial charge is 0.350 e. The highest BCUT2D eigenvalue weighted by Gasteiger charge is 2.43. The molecule has 10 heteroatoms. The Balaban J connectivity index is 1.49. The number of nitrogens with zero attached hydrogens (tertiary/aromatic N) is 3. The predicted molar refractivity (Wildman–Crippen MR) is 130 cm³/mol. The zero-order valence-corrected chi connectivity index (χ0v) is 20.8. The van der Waals surface area contributed by atoms with Gasteiger partial charge >= 0.3 is 0 Å². The van der Waals surface area contributed by atoms with E-state index in [9.17, 15) is 13.2 Å². The van der Waals surface area contributed by atoms with Gasteiger partial charge in [-0.3, -0.25) is 9.78 Å². The first-order valence-corrected chi connectivity index (χ1v) is 13.3. The fourth-order valence-electron chi connectivity index (χ4n) is 4.68. The molecule has 0 spiro atoms. The third kappa shape index (κ3) is 5.20. The van der Waals surface area contributed by atoms with Crippen molar-refractivity contribution >= 4 is 39.3 Å². The fourth-order valence-corrected chi connectivity index (χ4v) is 6.86. The molecule has 178 valence electrons. The molecule has 1 aromatic heterocycles. The maximum absolute atomic E-state index is 12.9. The number of hydrogen-bond acceptors (Lipinski definition) is 4. The van der Waals surface area contributed by atoms with E-state index in [2.05, 4.69) is 10.3 Å². The first kappa shape index (κ1) is 24.4. The summed E-state index contributed by atoms with van der Waals surface area (Å²) in [7, 11) is -3.40. The summed E-state index contributed by atoms with van der Waals surface area (Å²) in [6.07, 6.45) is 4.59. The van der Waals surface area contributed by atoms with Crippen LogP contribution in [-0.2, 0) is 15.6 Å². The van der Waals surface area contributed by atoms with Crippen LogP contribution in [0.2, 0.25) is 10.0 Å². The lowest BCUT2D eigenvalue weighted by Crippen LogP contribution is -2.54. The molecule has 2 aromatic rings. The van der Waals surface area contributed by atoms with Crippen LogP contribution in [0.5, 0.6) is 0 Å². The molecule has 1 aromatic carbocycles. The third-order valence-corrected chi connectivity index (χ3v) is 9.19. The van der Waals surface area contributed by atoms with Crippen LogP contribution in [0, 0.1) is 0 Å². The average molecular weight is 511 g/mol. The molecule has 3 heterocycles. The summed E-state index contributed by atoms with van der Waals surface area (Å²) in [6.45, 7) is 4.01. The summed E-state index contributed by atoms with van der Waals surface area (Å²) in [4.78, 5) is 17.4. The second kappa shape index (κ2) is 9.88. The van der Waals surface area contributed by atoms with E-state index in [-0.39, 0.29) is 17.4 Å². The van der Waals surface area contributed by atoms with Crippen LogP contribution >= 0.6 is 23.2 Å².